The van der Waals surface area contributed by atoms with Gasteiger partial charge in [-0.05, 0) is 38.3 Å². The summed E-state index contributed by atoms with van der Waals surface area (Å²) in [5.74, 6) is 5.40. The lowest BCUT2D eigenvalue weighted by Crippen LogP contribution is -2.17. The maximum atomic E-state index is 11.7. The summed E-state index contributed by atoms with van der Waals surface area (Å²) < 4.78 is 10.3. The predicted octanol–water partition coefficient (Wildman–Crippen LogP) is 1.73. The maximum absolute atomic E-state index is 11.7. The van der Waals surface area contributed by atoms with Gasteiger partial charge in [-0.3, -0.25) is 4.79 Å². The first-order valence-electron chi connectivity index (χ1n) is 6.06. The lowest BCUT2D eigenvalue weighted by Gasteiger charge is -2.12. The quantitative estimate of drug-likeness (QED) is 0.826. The van der Waals surface area contributed by atoms with Crippen LogP contribution in [0.2, 0.25) is 0 Å². The third-order valence-electron chi connectivity index (χ3n) is 2.46. The van der Waals surface area contributed by atoms with Crippen LogP contribution in [0.25, 0.3) is 0 Å². The molecule has 0 saturated carbocycles. The minimum absolute atomic E-state index is 0.498. The van der Waals surface area contributed by atoms with Crippen molar-refractivity contribution in [2.45, 2.75) is 26.4 Å². The van der Waals surface area contributed by atoms with E-state index in [1.807, 2.05) is 6.92 Å². The molecule has 2 N–H and O–H groups in total. The molecule has 0 heterocycles. The number of methoxy groups -OCH3 is 2. The van der Waals surface area contributed by atoms with Crippen LogP contribution >= 0.6 is 0 Å². The van der Waals surface area contributed by atoms with E-state index >= 15 is 0 Å². The molecule has 1 aromatic carbocycles. The number of rotatable bonds is 3. The van der Waals surface area contributed by atoms with Crippen molar-refractivity contribution in [2.24, 2.45) is 0 Å². The van der Waals surface area contributed by atoms with Gasteiger partial charge in [0.05, 0.1) is 14.2 Å². The van der Waals surface area contributed by atoms with Gasteiger partial charge in [0.1, 0.15) is 5.60 Å². The van der Waals surface area contributed by atoms with E-state index in [-0.39, 0.29) is 0 Å². The highest BCUT2D eigenvalue weighted by Gasteiger charge is 2.11. The highest BCUT2D eigenvalue weighted by Crippen LogP contribution is 2.32. The van der Waals surface area contributed by atoms with E-state index in [2.05, 4.69) is 17.2 Å². The van der Waals surface area contributed by atoms with Gasteiger partial charge in [-0.2, -0.15) is 0 Å². The summed E-state index contributed by atoms with van der Waals surface area (Å²) >= 11 is 0. The molecule has 0 saturated heterocycles. The van der Waals surface area contributed by atoms with E-state index in [4.69, 9.17) is 9.47 Å². The first-order valence-corrected chi connectivity index (χ1v) is 6.06. The lowest BCUT2D eigenvalue weighted by atomic mass is 10.1. The molecule has 1 aromatic rings. The zero-order valence-corrected chi connectivity index (χ0v) is 12.3. The fourth-order valence-corrected chi connectivity index (χ4v) is 1.48. The van der Waals surface area contributed by atoms with Crippen molar-refractivity contribution in [3.8, 4) is 23.3 Å². The van der Waals surface area contributed by atoms with Gasteiger partial charge in [0.2, 0.25) is 0 Å². The van der Waals surface area contributed by atoms with Crippen LogP contribution in [0.5, 0.6) is 11.5 Å². The molecule has 0 radical (unpaired) electrons. The first kappa shape index (κ1) is 15.9. The van der Waals surface area contributed by atoms with Crippen molar-refractivity contribution in [3.63, 3.8) is 0 Å². The molecule has 1 rings (SSSR count). The summed E-state index contributed by atoms with van der Waals surface area (Å²) in [6.45, 7) is 4.85. The largest absolute Gasteiger partial charge is 0.493 e. The van der Waals surface area contributed by atoms with Crippen molar-refractivity contribution in [1.29, 1.82) is 0 Å². The third-order valence-corrected chi connectivity index (χ3v) is 2.46. The number of ether oxygens (including phenoxy) is 2. The minimum Gasteiger partial charge on any atom is -0.493 e. The molecule has 0 fully saturated rings. The molecule has 0 unspecified atom stereocenters. The number of hydrogen-bond acceptors (Lipinski definition) is 4. The Morgan fingerprint density at radius 3 is 2.30 bits per heavy atom. The fraction of sp³-hybridized carbons (Fsp3) is 0.400. The number of carbonyl (C=O) groups excluding carboxylic acids is 1. The Hall–Kier alpha value is -2.19. The predicted molar refractivity (Wildman–Crippen MR) is 77.0 cm³/mol. The molecule has 20 heavy (non-hydrogen) atoms. The second-order valence-electron chi connectivity index (χ2n) is 4.79. The normalized spacial score (nSPS) is 10.3. The van der Waals surface area contributed by atoms with Gasteiger partial charge in [0.25, 0.3) is 5.91 Å². The Labute approximate surface area is 118 Å². The number of hydrogen-bond donors (Lipinski definition) is 2. The van der Waals surface area contributed by atoms with Crippen molar-refractivity contribution in [3.05, 3.63) is 17.7 Å². The maximum Gasteiger partial charge on any atom is 0.300 e. The van der Waals surface area contributed by atoms with Crippen molar-refractivity contribution < 1.29 is 19.4 Å². The van der Waals surface area contributed by atoms with Gasteiger partial charge < -0.3 is 19.9 Å². The van der Waals surface area contributed by atoms with E-state index in [1.165, 1.54) is 21.0 Å². The smallest absolute Gasteiger partial charge is 0.300 e. The van der Waals surface area contributed by atoms with E-state index < -0.39 is 11.5 Å². The van der Waals surface area contributed by atoms with Crippen LogP contribution in [0.3, 0.4) is 0 Å². The minimum atomic E-state index is -1.20. The molecule has 1 amide bonds. The first-order chi connectivity index (χ1) is 9.26. The van der Waals surface area contributed by atoms with Crippen molar-refractivity contribution >= 4 is 11.6 Å². The molecule has 0 atom stereocenters. The van der Waals surface area contributed by atoms with Gasteiger partial charge in [-0.25, -0.2) is 0 Å². The zero-order chi connectivity index (χ0) is 15.3. The molecule has 0 spiro atoms. The van der Waals surface area contributed by atoms with Crippen LogP contribution in [0.4, 0.5) is 5.69 Å². The number of nitrogens with one attached hydrogen (secondary N) is 1. The number of benzene rings is 1. The van der Waals surface area contributed by atoms with Gasteiger partial charge >= 0.3 is 0 Å². The number of aliphatic hydroxyl groups is 1. The molecular formula is C15H19NO4. The van der Waals surface area contributed by atoms with Gasteiger partial charge in [-0.1, -0.05) is 5.92 Å². The second-order valence-corrected chi connectivity index (χ2v) is 4.79. The van der Waals surface area contributed by atoms with Crippen molar-refractivity contribution in [2.75, 3.05) is 19.5 Å². The molecule has 0 aromatic heterocycles. The summed E-state index contributed by atoms with van der Waals surface area (Å²) in [4.78, 5) is 11.7. The van der Waals surface area contributed by atoms with Crippen LogP contribution in [-0.4, -0.2) is 30.8 Å². The van der Waals surface area contributed by atoms with Crippen molar-refractivity contribution in [1.82, 2.24) is 0 Å². The number of amides is 1. The van der Waals surface area contributed by atoms with E-state index in [0.29, 0.717) is 17.2 Å². The topological polar surface area (TPSA) is 67.8 Å². The zero-order valence-electron chi connectivity index (χ0n) is 12.3. The van der Waals surface area contributed by atoms with E-state index in [0.717, 1.165) is 5.56 Å². The molecule has 0 aliphatic heterocycles. The van der Waals surface area contributed by atoms with Crippen LogP contribution in [0, 0.1) is 18.8 Å². The van der Waals surface area contributed by atoms with Gasteiger partial charge in [0, 0.05) is 11.8 Å². The standard InChI is InChI=1S/C15H19NO4/c1-10-8-12(19-4)13(20-5)9-11(10)16-14(17)6-7-15(2,3)18/h8-9,18H,1-5H3,(H,16,17). The summed E-state index contributed by atoms with van der Waals surface area (Å²) in [5.41, 5.74) is 0.197. The van der Waals surface area contributed by atoms with E-state index in [1.54, 1.807) is 19.2 Å². The molecule has 0 bridgehead atoms. The average Bonchev–Trinajstić information content (AvgIpc) is 2.37. The summed E-state index contributed by atoms with van der Waals surface area (Å²) in [7, 11) is 3.07. The second kappa shape index (κ2) is 6.31. The fourth-order valence-electron chi connectivity index (χ4n) is 1.48. The summed E-state index contributed by atoms with van der Waals surface area (Å²) in [6.07, 6.45) is 0. The Morgan fingerprint density at radius 2 is 1.80 bits per heavy atom. The van der Waals surface area contributed by atoms with E-state index in [9.17, 15) is 9.90 Å². The Morgan fingerprint density at radius 1 is 1.25 bits per heavy atom. The summed E-state index contributed by atoms with van der Waals surface area (Å²) in [6, 6.07) is 3.43. The van der Waals surface area contributed by atoms with Gasteiger partial charge in [0.15, 0.2) is 11.5 Å². The van der Waals surface area contributed by atoms with Crippen LogP contribution in [0.1, 0.15) is 19.4 Å². The molecule has 0 aliphatic carbocycles. The molecule has 0 aliphatic rings. The number of anilines is 1. The Balaban J connectivity index is 2.98. The van der Waals surface area contributed by atoms with Crippen LogP contribution < -0.4 is 14.8 Å². The third kappa shape index (κ3) is 4.48. The SMILES string of the molecule is COc1cc(C)c(NC(=O)C#CC(C)(C)O)cc1OC. The number of carbonyl (C=O) groups is 1. The highest BCUT2D eigenvalue weighted by atomic mass is 16.5. The Kier molecular flexibility index (Phi) is 5.00. The molecule has 5 nitrogen and oxygen atoms in total. The molecule has 5 heteroatoms. The van der Waals surface area contributed by atoms with Gasteiger partial charge in [-0.15, -0.1) is 0 Å². The summed E-state index contributed by atoms with van der Waals surface area (Å²) in [5, 5.41) is 12.1. The highest BCUT2D eigenvalue weighted by molar-refractivity contribution is 6.04. The van der Waals surface area contributed by atoms with Crippen LogP contribution in [-0.2, 0) is 4.79 Å². The van der Waals surface area contributed by atoms with Crippen LogP contribution in [0.15, 0.2) is 12.1 Å². The average molecular weight is 277 g/mol. The monoisotopic (exact) mass is 277 g/mol. The molecular weight excluding hydrogens is 258 g/mol. The molecule has 108 valence electrons. The number of aryl methyl sites for hydroxylation is 1. The Bertz CT molecular complexity index is 562. The lowest BCUT2D eigenvalue weighted by molar-refractivity contribution is -0.111.